The number of hydrogen-bond acceptors (Lipinski definition) is 2. The van der Waals surface area contributed by atoms with E-state index >= 15 is 0 Å². The fourth-order valence-corrected chi connectivity index (χ4v) is 1.05. The molecule has 0 unspecified atom stereocenters. The third-order valence-electron chi connectivity index (χ3n) is 1.63. The van der Waals surface area contributed by atoms with E-state index in [-0.39, 0.29) is 0 Å². The largest absolute Gasteiger partial charge is 0.428 e. The highest BCUT2D eigenvalue weighted by atomic mass is 16.5. The predicted octanol–water partition coefficient (Wildman–Crippen LogP) is 1.71. The summed E-state index contributed by atoms with van der Waals surface area (Å²) in [6.45, 7) is 0. The monoisotopic (exact) mass is 160 g/mol. The molecule has 2 rings (SSSR count). The van der Waals surface area contributed by atoms with Gasteiger partial charge in [-0.2, -0.15) is 4.73 Å². The fraction of sp³-hybridized carbons (Fsp3) is 0. The summed E-state index contributed by atoms with van der Waals surface area (Å²) < 4.78 is 1.06. The van der Waals surface area contributed by atoms with Gasteiger partial charge in [0.2, 0.25) is 0 Å². The van der Waals surface area contributed by atoms with Gasteiger partial charge in [0.1, 0.15) is 0 Å². The molecule has 1 aliphatic rings. The van der Waals surface area contributed by atoms with Gasteiger partial charge >= 0.3 is 0 Å². The molecule has 3 nitrogen and oxygen atoms in total. The average molecular weight is 160 g/mol. The van der Waals surface area contributed by atoms with Crippen LogP contribution in [0.25, 0.3) is 6.08 Å². The van der Waals surface area contributed by atoms with Gasteiger partial charge in [0, 0.05) is 12.4 Å². The second kappa shape index (κ2) is 2.70. The minimum absolute atomic E-state index is 0.730. The Balaban J connectivity index is 2.34. The summed E-state index contributed by atoms with van der Waals surface area (Å²) in [5, 5.41) is 9.21. The predicted molar refractivity (Wildman–Crippen MR) is 47.2 cm³/mol. The van der Waals surface area contributed by atoms with Gasteiger partial charge < -0.3 is 5.21 Å². The van der Waals surface area contributed by atoms with E-state index in [2.05, 4.69) is 4.99 Å². The van der Waals surface area contributed by atoms with Crippen molar-refractivity contribution >= 4 is 12.3 Å². The Morgan fingerprint density at radius 3 is 3.00 bits per heavy atom. The molecule has 2 heterocycles. The van der Waals surface area contributed by atoms with Gasteiger partial charge in [0.05, 0.1) is 11.4 Å². The number of aliphatic imine (C=N–C) groups is 1. The Kier molecular flexibility index (Phi) is 1.55. The van der Waals surface area contributed by atoms with E-state index in [9.17, 15) is 5.21 Å². The molecule has 3 heteroatoms. The molecular weight excluding hydrogens is 152 g/mol. The molecule has 0 aliphatic carbocycles. The number of allylic oxidation sites excluding steroid dienone is 2. The molecule has 0 atom stereocenters. The van der Waals surface area contributed by atoms with Crippen molar-refractivity contribution in [3.63, 3.8) is 0 Å². The minimum atomic E-state index is 0.730. The molecule has 0 spiro atoms. The van der Waals surface area contributed by atoms with Crippen LogP contribution in [0, 0.1) is 0 Å². The smallest absolute Gasteiger partial charge is 0.0814 e. The van der Waals surface area contributed by atoms with E-state index < -0.39 is 0 Å². The standard InChI is InChI=1S/C9H8N2O/c12-11-6-2-4-9(11)7-8-3-1-5-10-8/h1-7,12H/b8-7+. The van der Waals surface area contributed by atoms with Gasteiger partial charge in [-0.3, -0.25) is 4.99 Å². The van der Waals surface area contributed by atoms with Crippen LogP contribution in [0.2, 0.25) is 0 Å². The van der Waals surface area contributed by atoms with Gasteiger partial charge in [-0.25, -0.2) is 0 Å². The van der Waals surface area contributed by atoms with Crippen molar-refractivity contribution in [3.05, 3.63) is 41.9 Å². The van der Waals surface area contributed by atoms with Crippen LogP contribution in [0.5, 0.6) is 0 Å². The van der Waals surface area contributed by atoms with Crippen molar-refractivity contribution < 1.29 is 5.21 Å². The summed E-state index contributed by atoms with van der Waals surface area (Å²) in [5.74, 6) is 0. The number of hydrogen-bond donors (Lipinski definition) is 1. The van der Waals surface area contributed by atoms with Gasteiger partial charge in [0.25, 0.3) is 0 Å². The fourth-order valence-electron chi connectivity index (χ4n) is 1.05. The van der Waals surface area contributed by atoms with Crippen LogP contribution in [-0.4, -0.2) is 16.2 Å². The Labute approximate surface area is 69.9 Å². The van der Waals surface area contributed by atoms with Crippen molar-refractivity contribution in [1.82, 2.24) is 4.73 Å². The summed E-state index contributed by atoms with van der Waals surface area (Å²) in [6, 6.07) is 3.59. The Hall–Kier alpha value is -1.77. The zero-order valence-corrected chi connectivity index (χ0v) is 6.38. The first kappa shape index (κ1) is 6.91. The van der Waals surface area contributed by atoms with Crippen LogP contribution in [0.1, 0.15) is 5.69 Å². The lowest BCUT2D eigenvalue weighted by atomic mass is 10.3. The molecule has 0 radical (unpaired) electrons. The average Bonchev–Trinajstić information content (AvgIpc) is 2.65. The van der Waals surface area contributed by atoms with Gasteiger partial charge in [-0.15, -0.1) is 0 Å². The molecule has 0 saturated carbocycles. The summed E-state index contributed by atoms with van der Waals surface area (Å²) in [4.78, 5) is 4.05. The van der Waals surface area contributed by atoms with Crippen LogP contribution in [0.15, 0.2) is 41.2 Å². The molecule has 0 saturated heterocycles. The number of nitrogens with zero attached hydrogens (tertiary/aromatic N) is 2. The Morgan fingerprint density at radius 1 is 1.50 bits per heavy atom. The van der Waals surface area contributed by atoms with Crippen molar-refractivity contribution in [1.29, 1.82) is 0 Å². The molecule has 1 aromatic rings. The molecule has 1 aromatic heterocycles. The second-order valence-corrected chi connectivity index (χ2v) is 2.48. The van der Waals surface area contributed by atoms with E-state index in [0.717, 1.165) is 16.1 Å². The van der Waals surface area contributed by atoms with Gasteiger partial charge in [-0.05, 0) is 30.4 Å². The topological polar surface area (TPSA) is 37.5 Å². The lowest BCUT2D eigenvalue weighted by molar-refractivity contribution is 0.185. The molecule has 1 N–H and O–H groups in total. The summed E-state index contributed by atoms with van der Waals surface area (Å²) in [5.41, 5.74) is 1.58. The molecule has 0 aromatic carbocycles. The Morgan fingerprint density at radius 2 is 2.42 bits per heavy atom. The van der Waals surface area contributed by atoms with Crippen LogP contribution < -0.4 is 0 Å². The maximum atomic E-state index is 9.21. The first-order valence-corrected chi connectivity index (χ1v) is 3.65. The van der Waals surface area contributed by atoms with Crippen LogP contribution >= 0.6 is 0 Å². The second-order valence-electron chi connectivity index (χ2n) is 2.48. The molecule has 0 amide bonds. The molecule has 12 heavy (non-hydrogen) atoms. The normalized spacial score (nSPS) is 17.8. The van der Waals surface area contributed by atoms with Crippen molar-refractivity contribution in [2.24, 2.45) is 4.99 Å². The summed E-state index contributed by atoms with van der Waals surface area (Å²) in [6.07, 6.45) is 8.84. The van der Waals surface area contributed by atoms with Crippen molar-refractivity contribution in [2.45, 2.75) is 0 Å². The molecule has 0 bridgehead atoms. The number of rotatable bonds is 1. The SMILES string of the molecule is On1cccc1/C=C1\C=CC=N1. The molecule has 1 aliphatic heterocycles. The van der Waals surface area contributed by atoms with E-state index in [0.29, 0.717) is 0 Å². The van der Waals surface area contributed by atoms with Crippen molar-refractivity contribution in [2.75, 3.05) is 0 Å². The highest BCUT2D eigenvalue weighted by Crippen LogP contribution is 2.11. The van der Waals surface area contributed by atoms with Gasteiger partial charge in [0.15, 0.2) is 0 Å². The third-order valence-corrected chi connectivity index (χ3v) is 1.63. The minimum Gasteiger partial charge on any atom is -0.428 e. The van der Waals surface area contributed by atoms with Crippen LogP contribution in [-0.2, 0) is 0 Å². The zero-order chi connectivity index (χ0) is 8.39. The van der Waals surface area contributed by atoms with Crippen LogP contribution in [0.4, 0.5) is 0 Å². The quantitative estimate of drug-likeness (QED) is 0.624. The third kappa shape index (κ3) is 1.16. The molecular formula is C9H8N2O. The van der Waals surface area contributed by atoms with E-state index in [1.54, 1.807) is 24.6 Å². The number of aromatic nitrogens is 1. The van der Waals surface area contributed by atoms with E-state index in [4.69, 9.17) is 0 Å². The molecule has 60 valence electrons. The van der Waals surface area contributed by atoms with Crippen LogP contribution in [0.3, 0.4) is 0 Å². The van der Waals surface area contributed by atoms with E-state index in [1.165, 1.54) is 0 Å². The lowest BCUT2D eigenvalue weighted by Gasteiger charge is -1.94. The summed E-state index contributed by atoms with van der Waals surface area (Å²) >= 11 is 0. The maximum Gasteiger partial charge on any atom is 0.0814 e. The lowest BCUT2D eigenvalue weighted by Crippen LogP contribution is -1.89. The first-order chi connectivity index (χ1) is 5.86. The first-order valence-electron chi connectivity index (χ1n) is 3.65. The Bertz CT molecular complexity index is 358. The molecule has 0 fully saturated rings. The highest BCUT2D eigenvalue weighted by Gasteiger charge is 1.97. The summed E-state index contributed by atoms with van der Waals surface area (Å²) in [7, 11) is 0. The highest BCUT2D eigenvalue weighted by molar-refractivity contribution is 5.79. The van der Waals surface area contributed by atoms with Gasteiger partial charge in [-0.1, -0.05) is 0 Å². The van der Waals surface area contributed by atoms with E-state index in [1.807, 2.05) is 18.2 Å². The zero-order valence-electron chi connectivity index (χ0n) is 6.38. The maximum absolute atomic E-state index is 9.21. The van der Waals surface area contributed by atoms with Crippen molar-refractivity contribution in [3.8, 4) is 0 Å².